The van der Waals surface area contributed by atoms with Gasteiger partial charge in [0, 0.05) is 14.1 Å². The first kappa shape index (κ1) is 16.7. The van der Waals surface area contributed by atoms with E-state index in [0.717, 1.165) is 29.8 Å². The van der Waals surface area contributed by atoms with E-state index in [2.05, 4.69) is 23.1 Å². The van der Waals surface area contributed by atoms with Gasteiger partial charge in [0.25, 0.3) is 5.91 Å². The number of benzene rings is 2. The van der Waals surface area contributed by atoms with Gasteiger partial charge in [-0.3, -0.25) is 4.79 Å². The summed E-state index contributed by atoms with van der Waals surface area (Å²) in [6, 6.07) is 18.3. The number of rotatable bonds is 5. The topological polar surface area (TPSA) is 26.8 Å². The first-order chi connectivity index (χ1) is 11.5. The van der Waals surface area contributed by atoms with E-state index in [4.69, 9.17) is 0 Å². The average Bonchev–Trinajstić information content (AvgIpc) is 2.83. The molecule has 0 spiro atoms. The van der Waals surface area contributed by atoms with Crippen LogP contribution < -0.4 is 5.01 Å². The van der Waals surface area contributed by atoms with Gasteiger partial charge in [0.1, 0.15) is 5.41 Å². The zero-order chi connectivity index (χ0) is 17.3. The van der Waals surface area contributed by atoms with Crippen LogP contribution in [-0.2, 0) is 10.2 Å². The largest absolute Gasteiger partial charge is 0.309 e. The van der Waals surface area contributed by atoms with E-state index < -0.39 is 5.41 Å². The van der Waals surface area contributed by atoms with Crippen molar-refractivity contribution in [2.45, 2.75) is 11.8 Å². The molecule has 0 saturated heterocycles. The van der Waals surface area contributed by atoms with Crippen molar-refractivity contribution in [3.05, 3.63) is 65.7 Å². The highest BCUT2D eigenvalue weighted by Gasteiger charge is 2.52. The molecule has 2 aromatic rings. The van der Waals surface area contributed by atoms with Gasteiger partial charge < -0.3 is 4.90 Å². The number of carbonyl (C=O) groups excluding carboxylic acids is 1. The number of hydrogen-bond acceptors (Lipinski definition) is 3. The molecule has 1 aliphatic heterocycles. The molecule has 1 amide bonds. The second kappa shape index (κ2) is 6.38. The van der Waals surface area contributed by atoms with E-state index in [0.29, 0.717) is 0 Å². The smallest absolute Gasteiger partial charge is 0.256 e. The van der Waals surface area contributed by atoms with Gasteiger partial charge in [-0.15, -0.1) is 0 Å². The van der Waals surface area contributed by atoms with Crippen molar-refractivity contribution >= 4 is 11.6 Å². The molecular weight excluding hydrogens is 298 g/mol. The average molecular weight is 323 g/mol. The number of para-hydroxylation sites is 1. The van der Waals surface area contributed by atoms with Gasteiger partial charge in [-0.25, -0.2) is 10.0 Å². The molecule has 4 nitrogen and oxygen atoms in total. The van der Waals surface area contributed by atoms with Crippen LogP contribution in [-0.4, -0.2) is 50.6 Å². The third-order valence-electron chi connectivity index (χ3n) is 4.75. The maximum Gasteiger partial charge on any atom is 0.256 e. The van der Waals surface area contributed by atoms with E-state index in [1.165, 1.54) is 0 Å². The quantitative estimate of drug-likeness (QED) is 0.846. The second-order valence-electron chi connectivity index (χ2n) is 6.81. The fourth-order valence-electron chi connectivity index (χ4n) is 3.60. The lowest BCUT2D eigenvalue weighted by atomic mass is 9.73. The summed E-state index contributed by atoms with van der Waals surface area (Å²) in [5.74, 6) is 0.127. The Morgan fingerprint density at radius 1 is 0.917 bits per heavy atom. The summed E-state index contributed by atoms with van der Waals surface area (Å²) >= 11 is 0. The molecule has 4 heteroatoms. The molecule has 24 heavy (non-hydrogen) atoms. The second-order valence-corrected chi connectivity index (χ2v) is 6.81. The van der Waals surface area contributed by atoms with Crippen molar-refractivity contribution in [3.63, 3.8) is 0 Å². The predicted octanol–water partition coefficient (Wildman–Crippen LogP) is 2.75. The van der Waals surface area contributed by atoms with Gasteiger partial charge in [0.05, 0.1) is 5.69 Å². The molecule has 0 bridgehead atoms. The minimum atomic E-state index is -0.633. The maximum absolute atomic E-state index is 13.6. The highest BCUT2D eigenvalue weighted by molar-refractivity contribution is 6.09. The SMILES string of the molecule is CN(C)CC[C@@]1(c2ccccc2)C(=O)N(N(C)C)c2ccccc21. The molecule has 1 heterocycles. The fourth-order valence-corrected chi connectivity index (χ4v) is 3.60. The minimum Gasteiger partial charge on any atom is -0.309 e. The standard InChI is InChI=1S/C20H25N3O/c1-21(2)15-14-20(16-10-6-5-7-11-16)17-12-8-9-13-18(17)23(19(20)24)22(3)4/h5-13H,14-15H2,1-4H3/t20-/m0/s1. The van der Waals surface area contributed by atoms with Crippen LogP contribution in [0.3, 0.4) is 0 Å². The Balaban J connectivity index is 2.23. The van der Waals surface area contributed by atoms with Gasteiger partial charge in [0.2, 0.25) is 0 Å². The number of nitrogens with zero attached hydrogens (tertiary/aromatic N) is 3. The Morgan fingerprint density at radius 2 is 1.54 bits per heavy atom. The molecule has 1 atom stereocenters. The van der Waals surface area contributed by atoms with E-state index in [1.807, 2.05) is 69.6 Å². The molecule has 3 rings (SSSR count). The van der Waals surface area contributed by atoms with E-state index in [9.17, 15) is 4.79 Å². The van der Waals surface area contributed by atoms with Crippen LogP contribution in [0.5, 0.6) is 0 Å². The van der Waals surface area contributed by atoms with E-state index in [1.54, 1.807) is 5.01 Å². The summed E-state index contributed by atoms with van der Waals surface area (Å²) in [5.41, 5.74) is 2.51. The number of hydrazine groups is 1. The molecule has 126 valence electrons. The van der Waals surface area contributed by atoms with Crippen LogP contribution in [0.2, 0.25) is 0 Å². The Bertz CT molecular complexity index is 727. The number of fused-ring (bicyclic) bond motifs is 1. The van der Waals surface area contributed by atoms with Crippen LogP contribution in [0.15, 0.2) is 54.6 Å². The molecule has 0 radical (unpaired) electrons. The first-order valence-corrected chi connectivity index (χ1v) is 8.30. The van der Waals surface area contributed by atoms with Crippen LogP contribution in [0.4, 0.5) is 5.69 Å². The Labute approximate surface area is 144 Å². The van der Waals surface area contributed by atoms with Gasteiger partial charge in [-0.1, -0.05) is 48.5 Å². The van der Waals surface area contributed by atoms with Crippen LogP contribution in [0.25, 0.3) is 0 Å². The van der Waals surface area contributed by atoms with Crippen molar-refractivity contribution < 1.29 is 4.79 Å². The van der Waals surface area contributed by atoms with Gasteiger partial charge in [-0.2, -0.15) is 0 Å². The minimum absolute atomic E-state index is 0.127. The third kappa shape index (κ3) is 2.52. The van der Waals surface area contributed by atoms with Crippen LogP contribution in [0.1, 0.15) is 17.5 Å². The van der Waals surface area contributed by atoms with Crippen LogP contribution >= 0.6 is 0 Å². The van der Waals surface area contributed by atoms with Crippen molar-refractivity contribution in [2.24, 2.45) is 0 Å². The summed E-state index contributed by atoms with van der Waals surface area (Å²) in [5, 5.41) is 3.68. The van der Waals surface area contributed by atoms with Crippen molar-refractivity contribution in [1.29, 1.82) is 0 Å². The van der Waals surface area contributed by atoms with Crippen molar-refractivity contribution in [3.8, 4) is 0 Å². The molecular formula is C20H25N3O. The zero-order valence-electron chi connectivity index (χ0n) is 14.9. The monoisotopic (exact) mass is 323 g/mol. The number of hydrogen-bond donors (Lipinski definition) is 0. The van der Waals surface area contributed by atoms with Crippen molar-refractivity contribution in [2.75, 3.05) is 39.7 Å². The lowest BCUT2D eigenvalue weighted by Crippen LogP contribution is -2.48. The summed E-state index contributed by atoms with van der Waals surface area (Å²) in [4.78, 5) is 15.7. The van der Waals surface area contributed by atoms with Gasteiger partial charge in [-0.05, 0) is 44.3 Å². The molecule has 0 aliphatic carbocycles. The van der Waals surface area contributed by atoms with E-state index >= 15 is 0 Å². The number of anilines is 1. The Morgan fingerprint density at radius 3 is 2.17 bits per heavy atom. The highest BCUT2D eigenvalue weighted by atomic mass is 16.2. The maximum atomic E-state index is 13.6. The Hall–Kier alpha value is -2.17. The molecule has 0 N–H and O–H groups in total. The number of carbonyl (C=O) groups is 1. The summed E-state index contributed by atoms with van der Waals surface area (Å²) in [6.07, 6.45) is 0.754. The normalized spacial score (nSPS) is 20.1. The molecule has 1 aliphatic rings. The molecule has 0 fully saturated rings. The van der Waals surface area contributed by atoms with Gasteiger partial charge in [0.15, 0.2) is 0 Å². The summed E-state index contributed by atoms with van der Waals surface area (Å²) < 4.78 is 0. The lowest BCUT2D eigenvalue weighted by Gasteiger charge is -2.32. The molecule has 0 aromatic heterocycles. The first-order valence-electron chi connectivity index (χ1n) is 8.30. The van der Waals surface area contributed by atoms with Crippen LogP contribution in [0, 0.1) is 0 Å². The molecule has 2 aromatic carbocycles. The third-order valence-corrected chi connectivity index (χ3v) is 4.75. The summed E-state index contributed by atoms with van der Waals surface area (Å²) in [7, 11) is 7.94. The highest BCUT2D eigenvalue weighted by Crippen LogP contribution is 2.48. The van der Waals surface area contributed by atoms with Gasteiger partial charge >= 0.3 is 0 Å². The fraction of sp³-hybridized carbons (Fsp3) is 0.350. The van der Waals surface area contributed by atoms with Crippen molar-refractivity contribution in [1.82, 2.24) is 9.91 Å². The molecule has 0 saturated carbocycles. The zero-order valence-corrected chi connectivity index (χ0v) is 14.9. The Kier molecular flexibility index (Phi) is 4.43. The summed E-state index contributed by atoms with van der Waals surface area (Å²) in [6.45, 7) is 0.843. The lowest BCUT2D eigenvalue weighted by molar-refractivity contribution is -0.124. The van der Waals surface area contributed by atoms with E-state index in [-0.39, 0.29) is 5.91 Å². The predicted molar refractivity (Wildman–Crippen MR) is 98.0 cm³/mol. The number of amides is 1. The molecule has 0 unspecified atom stereocenters.